The highest BCUT2D eigenvalue weighted by Gasteiger charge is 2.28. The monoisotopic (exact) mass is 338 g/mol. The Morgan fingerprint density at radius 3 is 2.88 bits per heavy atom. The number of fused-ring (bicyclic) bond motifs is 1. The Morgan fingerprint density at radius 2 is 2.08 bits per heavy atom. The van der Waals surface area contributed by atoms with Crippen molar-refractivity contribution in [1.29, 1.82) is 0 Å². The number of pyridine rings is 1. The highest BCUT2D eigenvalue weighted by molar-refractivity contribution is 5.74. The maximum Gasteiger partial charge on any atom is 0.154 e. The summed E-state index contributed by atoms with van der Waals surface area (Å²) in [5.74, 6) is 1.24. The molecule has 3 aromatic rings. The Kier molecular flexibility index (Phi) is 3.41. The van der Waals surface area contributed by atoms with Crippen LogP contribution in [-0.2, 0) is 0 Å². The van der Waals surface area contributed by atoms with E-state index in [0.717, 1.165) is 22.6 Å². The van der Waals surface area contributed by atoms with Gasteiger partial charge >= 0.3 is 0 Å². The lowest BCUT2D eigenvalue weighted by Crippen LogP contribution is -2.30. The Labute approximate surface area is 144 Å². The zero-order chi connectivity index (χ0) is 16.8. The maximum atomic E-state index is 14.0. The summed E-state index contributed by atoms with van der Waals surface area (Å²) in [6.45, 7) is 0.968. The van der Waals surface area contributed by atoms with Crippen molar-refractivity contribution in [2.24, 2.45) is 0 Å². The van der Waals surface area contributed by atoms with Crippen LogP contribution >= 0.6 is 0 Å². The number of aromatic nitrogens is 4. The molecule has 5 rings (SSSR count). The minimum atomic E-state index is -0.920. The van der Waals surface area contributed by atoms with Crippen molar-refractivity contribution >= 4 is 11.5 Å². The number of nitrogens with zero attached hydrogens (tertiary/aromatic N) is 4. The summed E-state index contributed by atoms with van der Waals surface area (Å²) in [5.41, 5.74) is 3.66. The molecule has 0 amide bonds. The van der Waals surface area contributed by atoms with Crippen LogP contribution < -0.4 is 10.6 Å². The highest BCUT2D eigenvalue weighted by atomic mass is 19.1. The lowest BCUT2D eigenvalue weighted by molar-refractivity contribution is 0.342. The molecule has 7 heteroatoms. The molecule has 2 aliphatic rings. The zero-order valence-corrected chi connectivity index (χ0v) is 13.7. The number of imidazole rings is 1. The Hall–Kier alpha value is -2.54. The van der Waals surface area contributed by atoms with E-state index in [1.54, 1.807) is 12.4 Å². The van der Waals surface area contributed by atoms with Gasteiger partial charge in [0.05, 0.1) is 23.6 Å². The molecule has 3 aromatic heterocycles. The first-order valence-electron chi connectivity index (χ1n) is 8.71. The van der Waals surface area contributed by atoms with Crippen LogP contribution in [0.2, 0.25) is 0 Å². The smallest absolute Gasteiger partial charge is 0.154 e. The summed E-state index contributed by atoms with van der Waals surface area (Å²) in [7, 11) is 0. The highest BCUT2D eigenvalue weighted by Crippen LogP contribution is 2.39. The minimum Gasteiger partial charge on any atom is -0.363 e. The summed E-state index contributed by atoms with van der Waals surface area (Å²) in [4.78, 5) is 8.90. The van der Waals surface area contributed by atoms with Gasteiger partial charge in [0.25, 0.3) is 0 Å². The van der Waals surface area contributed by atoms with Gasteiger partial charge in [0, 0.05) is 30.8 Å². The summed E-state index contributed by atoms with van der Waals surface area (Å²) in [6.07, 6.45) is 5.01. The molecule has 0 spiro atoms. The second-order valence-electron chi connectivity index (χ2n) is 6.77. The third kappa shape index (κ3) is 2.64. The maximum absolute atomic E-state index is 14.0. The lowest BCUT2D eigenvalue weighted by Gasteiger charge is -2.17. The van der Waals surface area contributed by atoms with Gasteiger partial charge in [-0.15, -0.1) is 0 Å². The van der Waals surface area contributed by atoms with Gasteiger partial charge in [0.1, 0.15) is 12.0 Å². The van der Waals surface area contributed by atoms with Crippen molar-refractivity contribution < 1.29 is 4.39 Å². The average molecular weight is 338 g/mol. The number of rotatable bonds is 4. The van der Waals surface area contributed by atoms with E-state index in [1.165, 1.54) is 12.8 Å². The van der Waals surface area contributed by atoms with Crippen LogP contribution in [-0.4, -0.2) is 44.9 Å². The van der Waals surface area contributed by atoms with Crippen molar-refractivity contribution in [3.63, 3.8) is 0 Å². The third-order valence-corrected chi connectivity index (χ3v) is 4.92. The van der Waals surface area contributed by atoms with Gasteiger partial charge in [-0.1, -0.05) is 0 Å². The second-order valence-corrected chi connectivity index (χ2v) is 6.77. The molecule has 0 radical (unpaired) electrons. The molecular weight excluding hydrogens is 319 g/mol. The van der Waals surface area contributed by atoms with Gasteiger partial charge in [-0.2, -0.15) is 5.10 Å². The third-order valence-electron chi connectivity index (χ3n) is 4.92. The standard InChI is InChI=1S/C18H19FN6/c19-13-8-20-9-15(13)23-18-12(2-1-7-21-18)16-10-22-17-6-5-14(11-3-4-11)24-25(16)17/h1-2,5-7,10-11,13,15,20H,3-4,8-9H2,(H,21,23)/t13-,15-/m0/s1. The van der Waals surface area contributed by atoms with E-state index in [4.69, 9.17) is 5.10 Å². The second kappa shape index (κ2) is 5.77. The number of nitrogens with one attached hydrogen (secondary N) is 2. The SMILES string of the molecule is F[C@H]1CNC[C@@H]1Nc1ncccc1-c1cnc2ccc(C3CC3)nn12. The molecule has 4 heterocycles. The topological polar surface area (TPSA) is 67.1 Å². The average Bonchev–Trinajstić information content (AvgIpc) is 3.29. The zero-order valence-electron chi connectivity index (χ0n) is 13.7. The van der Waals surface area contributed by atoms with E-state index < -0.39 is 6.17 Å². The summed E-state index contributed by atoms with van der Waals surface area (Å²) in [5, 5.41) is 11.1. The van der Waals surface area contributed by atoms with Crippen LogP contribution in [0, 0.1) is 0 Å². The van der Waals surface area contributed by atoms with E-state index in [-0.39, 0.29) is 6.04 Å². The molecule has 1 aliphatic carbocycles. The molecule has 2 fully saturated rings. The van der Waals surface area contributed by atoms with Crippen LogP contribution in [0.25, 0.3) is 16.9 Å². The summed E-state index contributed by atoms with van der Waals surface area (Å²) in [6, 6.07) is 7.64. The van der Waals surface area contributed by atoms with Crippen LogP contribution in [0.3, 0.4) is 0 Å². The van der Waals surface area contributed by atoms with Crippen molar-refractivity contribution in [2.45, 2.75) is 31.0 Å². The molecule has 2 atom stereocenters. The fraction of sp³-hybridized carbons (Fsp3) is 0.389. The molecular formula is C18H19FN6. The van der Waals surface area contributed by atoms with Crippen LogP contribution in [0.1, 0.15) is 24.5 Å². The normalized spacial score (nSPS) is 23.2. The molecule has 25 heavy (non-hydrogen) atoms. The molecule has 1 saturated carbocycles. The van der Waals surface area contributed by atoms with Crippen molar-refractivity contribution in [1.82, 2.24) is 24.9 Å². The first kappa shape index (κ1) is 14.8. The van der Waals surface area contributed by atoms with Crippen molar-refractivity contribution in [3.8, 4) is 11.3 Å². The van der Waals surface area contributed by atoms with Crippen molar-refractivity contribution in [2.75, 3.05) is 18.4 Å². The van der Waals surface area contributed by atoms with Crippen LogP contribution in [0.5, 0.6) is 0 Å². The van der Waals surface area contributed by atoms with Gasteiger partial charge in [-0.3, -0.25) is 0 Å². The summed E-state index contributed by atoms with van der Waals surface area (Å²) < 4.78 is 15.8. The number of alkyl halides is 1. The Bertz CT molecular complexity index is 919. The molecule has 128 valence electrons. The molecule has 0 unspecified atom stereocenters. The Morgan fingerprint density at radius 1 is 1.16 bits per heavy atom. The number of anilines is 1. The quantitative estimate of drug-likeness (QED) is 0.765. The van der Waals surface area contributed by atoms with Gasteiger partial charge in [-0.25, -0.2) is 18.9 Å². The van der Waals surface area contributed by atoms with E-state index >= 15 is 0 Å². The minimum absolute atomic E-state index is 0.275. The van der Waals surface area contributed by atoms with Crippen LogP contribution in [0.15, 0.2) is 36.7 Å². The molecule has 2 N–H and O–H groups in total. The predicted molar refractivity (Wildman–Crippen MR) is 93.4 cm³/mol. The first-order chi connectivity index (χ1) is 12.3. The van der Waals surface area contributed by atoms with Gasteiger partial charge in [0.2, 0.25) is 0 Å². The van der Waals surface area contributed by atoms with E-state index in [0.29, 0.717) is 24.8 Å². The predicted octanol–water partition coefficient (Wildman–Crippen LogP) is 2.39. The first-order valence-corrected chi connectivity index (χ1v) is 8.71. The molecule has 1 saturated heterocycles. The van der Waals surface area contributed by atoms with E-state index in [1.807, 2.05) is 22.7 Å². The molecule has 0 bridgehead atoms. The van der Waals surface area contributed by atoms with Crippen LogP contribution in [0.4, 0.5) is 10.2 Å². The largest absolute Gasteiger partial charge is 0.363 e. The molecule has 0 aromatic carbocycles. The molecule has 1 aliphatic heterocycles. The van der Waals surface area contributed by atoms with E-state index in [9.17, 15) is 4.39 Å². The fourth-order valence-electron chi connectivity index (χ4n) is 3.36. The van der Waals surface area contributed by atoms with Gasteiger partial charge < -0.3 is 10.6 Å². The number of hydrogen-bond donors (Lipinski definition) is 2. The number of hydrogen-bond acceptors (Lipinski definition) is 5. The molecule has 6 nitrogen and oxygen atoms in total. The lowest BCUT2D eigenvalue weighted by atomic mass is 10.1. The Balaban J connectivity index is 1.56. The van der Waals surface area contributed by atoms with Gasteiger partial charge in [-0.05, 0) is 37.1 Å². The van der Waals surface area contributed by atoms with Crippen molar-refractivity contribution in [3.05, 3.63) is 42.4 Å². The summed E-state index contributed by atoms with van der Waals surface area (Å²) >= 11 is 0. The fourth-order valence-corrected chi connectivity index (χ4v) is 3.36. The van der Waals surface area contributed by atoms with E-state index in [2.05, 4.69) is 26.7 Å². The number of halogens is 1. The van der Waals surface area contributed by atoms with Gasteiger partial charge in [0.15, 0.2) is 5.65 Å².